The Kier molecular flexibility index (Phi) is 13.0. The van der Waals surface area contributed by atoms with Crippen LogP contribution < -0.4 is 0 Å². The Hall–Kier alpha value is -1.71. The van der Waals surface area contributed by atoms with E-state index < -0.39 is 0 Å². The fourth-order valence-corrected chi connectivity index (χ4v) is 9.96. The maximum atomic E-state index is 10.1. The molecule has 0 saturated heterocycles. The van der Waals surface area contributed by atoms with Crippen LogP contribution in [0.2, 0.25) is 0 Å². The highest BCUT2D eigenvalue weighted by molar-refractivity contribution is 7.28. The van der Waals surface area contributed by atoms with E-state index in [0.29, 0.717) is 0 Å². The van der Waals surface area contributed by atoms with Gasteiger partial charge in [-0.15, -0.1) is 45.3 Å². The Balaban J connectivity index is 1.61. The van der Waals surface area contributed by atoms with Crippen molar-refractivity contribution in [3.05, 3.63) is 57.3 Å². The molecule has 1 nitrogen and oxygen atoms in total. The average molecular weight is 608 g/mol. The molecule has 5 heteroatoms. The molecule has 4 aromatic rings. The highest BCUT2D eigenvalue weighted by atomic mass is 32.1. The molecule has 0 unspecified atom stereocenters. The van der Waals surface area contributed by atoms with Gasteiger partial charge in [0.05, 0.1) is 10.4 Å². The Morgan fingerprint density at radius 3 is 1.90 bits per heavy atom. The molecule has 0 aliphatic heterocycles. The fraction of sp³-hybridized carbons (Fsp3) is 0.514. The molecule has 214 valence electrons. The maximum absolute atomic E-state index is 10.1. The van der Waals surface area contributed by atoms with Crippen molar-refractivity contribution in [2.75, 3.05) is 0 Å². The minimum atomic E-state index is 0.832. The first kappa shape index (κ1) is 31.2. The van der Waals surface area contributed by atoms with Crippen molar-refractivity contribution < 1.29 is 0 Å². The van der Waals surface area contributed by atoms with Gasteiger partial charge in [0.15, 0.2) is 0 Å². The Labute approximate surface area is 258 Å². The number of rotatable bonds is 18. The number of nitriles is 1. The maximum Gasteiger partial charge on any atom is 0.101 e. The summed E-state index contributed by atoms with van der Waals surface area (Å²) in [5, 5.41) is 14.8. The van der Waals surface area contributed by atoms with Crippen LogP contribution in [0, 0.1) is 11.3 Å². The molecule has 4 aromatic heterocycles. The molecule has 0 saturated carbocycles. The molecule has 0 fully saturated rings. The number of hydrogen-bond donors (Lipinski definition) is 0. The summed E-state index contributed by atoms with van der Waals surface area (Å²) in [7, 11) is 0. The normalized spacial score (nSPS) is 11.3. The average Bonchev–Trinajstić information content (AvgIpc) is 3.77. The molecule has 4 rings (SSSR count). The van der Waals surface area contributed by atoms with E-state index in [-0.39, 0.29) is 0 Å². The molecular formula is C35H45NS4. The SMILES string of the molecule is CCCCCCc1csc(-c2sc(-c3sc(-c4sccc4CCCCCC)cc3C#N)cc2CCCCCC)c1. The molecule has 4 heterocycles. The molecule has 0 aliphatic rings. The Bertz CT molecular complexity index is 1340. The van der Waals surface area contributed by atoms with Gasteiger partial charge in [-0.2, -0.15) is 5.26 Å². The standard InChI is InChI=1S/C35H45NS4/c1-4-7-10-13-16-26-21-30(38-25-26)34-28(18-15-12-9-6-3)22-32(40-34)35-29(24-36)23-31(39-35)33-27(19-20-37-33)17-14-11-8-5-2/h19-23,25H,4-18H2,1-3H3. The largest absolute Gasteiger partial charge is 0.192 e. The number of aryl methyl sites for hydroxylation is 3. The molecule has 0 aliphatic carbocycles. The van der Waals surface area contributed by atoms with Crippen LogP contribution in [0.15, 0.2) is 35.0 Å². The van der Waals surface area contributed by atoms with Crippen molar-refractivity contribution in [2.45, 2.75) is 117 Å². The van der Waals surface area contributed by atoms with E-state index in [0.717, 1.165) is 23.3 Å². The zero-order valence-electron chi connectivity index (χ0n) is 24.7. The van der Waals surface area contributed by atoms with E-state index in [1.165, 1.54) is 125 Å². The number of hydrogen-bond acceptors (Lipinski definition) is 5. The third-order valence-electron chi connectivity index (χ3n) is 7.65. The number of unbranched alkanes of at least 4 members (excludes halogenated alkanes) is 9. The van der Waals surface area contributed by atoms with Gasteiger partial charge in [0.1, 0.15) is 6.07 Å². The van der Waals surface area contributed by atoms with E-state index >= 15 is 0 Å². The smallest absolute Gasteiger partial charge is 0.101 e. The van der Waals surface area contributed by atoms with E-state index in [9.17, 15) is 5.26 Å². The fourth-order valence-electron chi connectivity index (χ4n) is 5.32. The van der Waals surface area contributed by atoms with E-state index in [2.05, 4.69) is 61.9 Å². The number of thiophene rings is 4. The second kappa shape index (κ2) is 16.7. The van der Waals surface area contributed by atoms with Crippen LogP contribution in [0.5, 0.6) is 0 Å². The molecule has 0 amide bonds. The second-order valence-electron chi connectivity index (χ2n) is 11.0. The van der Waals surface area contributed by atoms with E-state index in [1.54, 1.807) is 0 Å². The Morgan fingerprint density at radius 1 is 0.600 bits per heavy atom. The molecule has 0 spiro atoms. The molecule has 0 atom stereocenters. The summed E-state index contributed by atoms with van der Waals surface area (Å²) < 4.78 is 0. The van der Waals surface area contributed by atoms with Crippen LogP contribution in [-0.4, -0.2) is 0 Å². The second-order valence-corrected chi connectivity index (χ2v) is 14.9. The van der Waals surface area contributed by atoms with Gasteiger partial charge in [0.25, 0.3) is 0 Å². The first-order valence-electron chi connectivity index (χ1n) is 15.5. The van der Waals surface area contributed by atoms with Crippen molar-refractivity contribution in [3.8, 4) is 35.3 Å². The van der Waals surface area contributed by atoms with Gasteiger partial charge >= 0.3 is 0 Å². The quantitative estimate of drug-likeness (QED) is 0.103. The molecule has 0 aromatic carbocycles. The van der Waals surface area contributed by atoms with E-state index in [4.69, 9.17) is 0 Å². The van der Waals surface area contributed by atoms with Crippen molar-refractivity contribution in [3.63, 3.8) is 0 Å². The van der Waals surface area contributed by atoms with Gasteiger partial charge in [0.2, 0.25) is 0 Å². The van der Waals surface area contributed by atoms with Crippen LogP contribution in [0.25, 0.3) is 29.3 Å². The van der Waals surface area contributed by atoms with Crippen LogP contribution in [0.3, 0.4) is 0 Å². The summed E-state index contributed by atoms with van der Waals surface area (Å²) in [4.78, 5) is 7.90. The van der Waals surface area contributed by atoms with E-state index in [1.807, 2.05) is 45.3 Å². The highest BCUT2D eigenvalue weighted by Crippen LogP contribution is 2.47. The summed E-state index contributed by atoms with van der Waals surface area (Å²) in [5.41, 5.74) is 5.25. The van der Waals surface area contributed by atoms with Gasteiger partial charge in [-0.1, -0.05) is 78.6 Å². The summed E-state index contributed by atoms with van der Waals surface area (Å²) in [6, 6.07) is 11.9. The molecule has 0 bridgehead atoms. The van der Waals surface area contributed by atoms with Gasteiger partial charge in [-0.25, -0.2) is 0 Å². The molecule has 0 N–H and O–H groups in total. The summed E-state index contributed by atoms with van der Waals surface area (Å²) in [6.07, 6.45) is 18.9. The monoisotopic (exact) mass is 607 g/mol. The lowest BCUT2D eigenvalue weighted by atomic mass is 10.0. The first-order valence-corrected chi connectivity index (χ1v) is 18.9. The minimum absolute atomic E-state index is 0.832. The predicted octanol–water partition coefficient (Wildman–Crippen LogP) is 13.2. The van der Waals surface area contributed by atoms with Gasteiger partial charge in [0, 0.05) is 24.4 Å². The topological polar surface area (TPSA) is 23.8 Å². The third-order valence-corrected chi connectivity index (χ3v) is 12.4. The lowest BCUT2D eigenvalue weighted by Crippen LogP contribution is -1.86. The van der Waals surface area contributed by atoms with Gasteiger partial charge < -0.3 is 0 Å². The van der Waals surface area contributed by atoms with Crippen LogP contribution in [0.4, 0.5) is 0 Å². The van der Waals surface area contributed by atoms with Crippen LogP contribution in [-0.2, 0) is 19.3 Å². The summed E-state index contributed by atoms with van der Waals surface area (Å²) in [6.45, 7) is 6.83. The molecular weight excluding hydrogens is 563 g/mol. The lowest BCUT2D eigenvalue weighted by Gasteiger charge is -2.02. The molecule has 0 radical (unpaired) electrons. The van der Waals surface area contributed by atoms with Gasteiger partial charge in [-0.3, -0.25) is 0 Å². The lowest BCUT2D eigenvalue weighted by molar-refractivity contribution is 0.667. The van der Waals surface area contributed by atoms with Crippen molar-refractivity contribution in [1.29, 1.82) is 5.26 Å². The van der Waals surface area contributed by atoms with Crippen molar-refractivity contribution >= 4 is 45.3 Å². The predicted molar refractivity (Wildman–Crippen MR) is 183 cm³/mol. The first-order chi connectivity index (χ1) is 19.7. The van der Waals surface area contributed by atoms with Crippen LogP contribution in [0.1, 0.15) is 120 Å². The summed E-state index contributed by atoms with van der Waals surface area (Å²) in [5.74, 6) is 0. The Morgan fingerprint density at radius 2 is 1.23 bits per heavy atom. The van der Waals surface area contributed by atoms with Crippen molar-refractivity contribution in [2.24, 2.45) is 0 Å². The zero-order valence-corrected chi connectivity index (χ0v) is 27.9. The molecule has 40 heavy (non-hydrogen) atoms. The van der Waals surface area contributed by atoms with Gasteiger partial charge in [-0.05, 0) is 90.2 Å². The third kappa shape index (κ3) is 8.41. The van der Waals surface area contributed by atoms with Crippen LogP contribution >= 0.6 is 45.3 Å². The van der Waals surface area contributed by atoms with Crippen molar-refractivity contribution in [1.82, 2.24) is 0 Å². The minimum Gasteiger partial charge on any atom is -0.192 e. The number of nitrogens with zero attached hydrogens (tertiary/aromatic N) is 1. The summed E-state index contributed by atoms with van der Waals surface area (Å²) >= 11 is 7.48. The highest BCUT2D eigenvalue weighted by Gasteiger charge is 2.20. The zero-order chi connectivity index (χ0) is 28.2.